The van der Waals surface area contributed by atoms with Crippen LogP contribution in [0.3, 0.4) is 0 Å². The Labute approximate surface area is 182 Å². The zero-order valence-corrected chi connectivity index (χ0v) is 17.3. The van der Waals surface area contributed by atoms with Crippen LogP contribution in [0.1, 0.15) is 11.1 Å². The van der Waals surface area contributed by atoms with E-state index in [1.165, 1.54) is 23.0 Å². The van der Waals surface area contributed by atoms with Crippen LogP contribution >= 0.6 is 23.2 Å². The highest BCUT2D eigenvalue weighted by atomic mass is 35.5. The largest absolute Gasteiger partial charge is 0.324 e. The molecular formula is C23H17Cl2N3O2. The van der Waals surface area contributed by atoms with Gasteiger partial charge < -0.3 is 5.32 Å². The lowest BCUT2D eigenvalue weighted by molar-refractivity contribution is -0.116. The Bertz CT molecular complexity index is 1290. The molecule has 0 radical (unpaired) electrons. The van der Waals surface area contributed by atoms with E-state index in [1.54, 1.807) is 0 Å². The van der Waals surface area contributed by atoms with E-state index in [-0.39, 0.29) is 23.4 Å². The third kappa shape index (κ3) is 4.37. The molecule has 1 amide bonds. The van der Waals surface area contributed by atoms with Gasteiger partial charge in [0.05, 0.1) is 22.3 Å². The zero-order chi connectivity index (χ0) is 21.1. The lowest BCUT2D eigenvalue weighted by atomic mass is 10.0. The number of nitrogens with zero attached hydrogens (tertiary/aromatic N) is 2. The molecule has 4 aromatic rings. The van der Waals surface area contributed by atoms with Crippen LogP contribution in [0, 0.1) is 0 Å². The van der Waals surface area contributed by atoms with Gasteiger partial charge in [0.25, 0.3) is 5.56 Å². The molecule has 0 aliphatic rings. The topological polar surface area (TPSA) is 64.0 Å². The van der Waals surface area contributed by atoms with E-state index < -0.39 is 0 Å². The lowest BCUT2D eigenvalue weighted by Gasteiger charge is -2.12. The number of nitrogens with one attached hydrogen (secondary N) is 1. The van der Waals surface area contributed by atoms with Gasteiger partial charge in [-0.1, -0.05) is 71.7 Å². The number of para-hydroxylation sites is 1. The molecule has 0 bridgehead atoms. The molecule has 0 saturated heterocycles. The molecule has 0 aliphatic carbocycles. The van der Waals surface area contributed by atoms with Crippen molar-refractivity contribution in [3.05, 3.63) is 105 Å². The third-order valence-corrected chi connectivity index (χ3v) is 5.19. The van der Waals surface area contributed by atoms with E-state index >= 15 is 0 Å². The summed E-state index contributed by atoms with van der Waals surface area (Å²) in [7, 11) is 0. The Morgan fingerprint density at radius 3 is 2.53 bits per heavy atom. The number of rotatable bonds is 5. The highest BCUT2D eigenvalue weighted by molar-refractivity contribution is 6.38. The van der Waals surface area contributed by atoms with Gasteiger partial charge in [0.1, 0.15) is 6.54 Å². The summed E-state index contributed by atoms with van der Waals surface area (Å²) in [6.07, 6.45) is 2.01. The van der Waals surface area contributed by atoms with Crippen LogP contribution in [-0.2, 0) is 17.8 Å². The van der Waals surface area contributed by atoms with Gasteiger partial charge in [-0.2, -0.15) is 0 Å². The second-order valence-corrected chi connectivity index (χ2v) is 7.67. The quantitative estimate of drug-likeness (QED) is 0.481. The van der Waals surface area contributed by atoms with E-state index in [4.69, 9.17) is 23.2 Å². The Hall–Kier alpha value is -3.15. The summed E-state index contributed by atoms with van der Waals surface area (Å²) in [6.45, 7) is -0.175. The van der Waals surface area contributed by atoms with Gasteiger partial charge in [-0.05, 0) is 35.7 Å². The second-order valence-electron chi connectivity index (χ2n) is 6.83. The summed E-state index contributed by atoms with van der Waals surface area (Å²) < 4.78 is 1.24. The summed E-state index contributed by atoms with van der Waals surface area (Å²) in [5.41, 5.74) is 2.81. The van der Waals surface area contributed by atoms with Crippen molar-refractivity contribution < 1.29 is 4.79 Å². The van der Waals surface area contributed by atoms with Crippen LogP contribution in [0.25, 0.3) is 10.9 Å². The summed E-state index contributed by atoms with van der Waals surface area (Å²) in [5.74, 6) is -0.327. The van der Waals surface area contributed by atoms with Gasteiger partial charge in [0.15, 0.2) is 0 Å². The number of benzene rings is 3. The summed E-state index contributed by atoms with van der Waals surface area (Å²) in [6, 6.07) is 20.6. The van der Waals surface area contributed by atoms with E-state index in [2.05, 4.69) is 10.3 Å². The van der Waals surface area contributed by atoms with Gasteiger partial charge in [-0.3, -0.25) is 14.2 Å². The van der Waals surface area contributed by atoms with Crippen molar-refractivity contribution in [2.45, 2.75) is 13.0 Å². The second kappa shape index (κ2) is 8.69. The standard InChI is InChI=1S/C23H17Cl2N3O2/c24-17-11-18-22(19(25)12-17)26-14-28(23(18)30)13-21(29)27-20-9-5-4-8-16(20)10-15-6-2-1-3-7-15/h1-9,11-12,14H,10,13H2,(H,27,29). The summed E-state index contributed by atoms with van der Waals surface area (Å²) in [5, 5.41) is 3.80. The van der Waals surface area contributed by atoms with Crippen LogP contribution < -0.4 is 10.9 Å². The monoisotopic (exact) mass is 437 g/mol. The first-order valence-corrected chi connectivity index (χ1v) is 10.0. The SMILES string of the molecule is O=C(Cn1cnc2c(Cl)cc(Cl)cc2c1=O)Nc1ccccc1Cc1ccccc1. The molecule has 4 rings (SSSR count). The molecule has 7 heteroatoms. The predicted molar refractivity (Wildman–Crippen MR) is 120 cm³/mol. The van der Waals surface area contributed by atoms with Crippen molar-refractivity contribution in [2.75, 3.05) is 5.32 Å². The highest BCUT2D eigenvalue weighted by Gasteiger charge is 2.13. The molecule has 150 valence electrons. The predicted octanol–water partition coefficient (Wildman–Crippen LogP) is 4.93. The fraction of sp³-hybridized carbons (Fsp3) is 0.0870. The van der Waals surface area contributed by atoms with E-state index in [0.29, 0.717) is 27.7 Å². The smallest absolute Gasteiger partial charge is 0.261 e. The lowest BCUT2D eigenvalue weighted by Crippen LogP contribution is -2.28. The summed E-state index contributed by atoms with van der Waals surface area (Å²) >= 11 is 12.1. The van der Waals surface area contributed by atoms with Gasteiger partial charge in [-0.25, -0.2) is 4.98 Å². The maximum atomic E-state index is 12.8. The average Bonchev–Trinajstić information content (AvgIpc) is 2.73. The molecule has 0 saturated carbocycles. The van der Waals surface area contributed by atoms with Crippen molar-refractivity contribution >= 4 is 45.7 Å². The zero-order valence-electron chi connectivity index (χ0n) is 15.8. The van der Waals surface area contributed by atoms with Crippen molar-refractivity contribution in [1.29, 1.82) is 0 Å². The molecule has 0 spiro atoms. The minimum absolute atomic E-state index is 0.175. The molecule has 30 heavy (non-hydrogen) atoms. The molecule has 0 atom stereocenters. The molecule has 1 heterocycles. The van der Waals surface area contributed by atoms with Crippen molar-refractivity contribution in [2.24, 2.45) is 0 Å². The number of fused-ring (bicyclic) bond motifs is 1. The van der Waals surface area contributed by atoms with Gasteiger partial charge in [-0.15, -0.1) is 0 Å². The average molecular weight is 438 g/mol. The van der Waals surface area contributed by atoms with E-state index in [1.807, 2.05) is 54.6 Å². The number of carbonyl (C=O) groups is 1. The molecule has 0 unspecified atom stereocenters. The normalized spacial score (nSPS) is 10.9. The number of carbonyl (C=O) groups excluding carboxylic acids is 1. The molecule has 5 nitrogen and oxygen atoms in total. The van der Waals surface area contributed by atoms with Crippen LogP contribution in [0.5, 0.6) is 0 Å². The number of anilines is 1. The van der Waals surface area contributed by atoms with Crippen molar-refractivity contribution in [1.82, 2.24) is 9.55 Å². The maximum absolute atomic E-state index is 12.8. The van der Waals surface area contributed by atoms with Crippen LogP contribution in [0.2, 0.25) is 10.0 Å². The first-order valence-electron chi connectivity index (χ1n) is 9.27. The first-order chi connectivity index (χ1) is 14.5. The molecule has 1 aromatic heterocycles. The van der Waals surface area contributed by atoms with Crippen LogP contribution in [0.15, 0.2) is 77.9 Å². The number of hydrogen-bond donors (Lipinski definition) is 1. The van der Waals surface area contributed by atoms with E-state index in [0.717, 1.165) is 11.1 Å². The third-order valence-electron chi connectivity index (χ3n) is 4.69. The summed E-state index contributed by atoms with van der Waals surface area (Å²) in [4.78, 5) is 29.6. The molecular weight excluding hydrogens is 421 g/mol. The molecule has 0 fully saturated rings. The van der Waals surface area contributed by atoms with Crippen molar-refractivity contribution in [3.63, 3.8) is 0 Å². The Kier molecular flexibility index (Phi) is 5.84. The maximum Gasteiger partial charge on any atom is 0.261 e. The molecule has 3 aromatic carbocycles. The Morgan fingerprint density at radius 1 is 1.00 bits per heavy atom. The minimum Gasteiger partial charge on any atom is -0.324 e. The van der Waals surface area contributed by atoms with Gasteiger partial charge in [0, 0.05) is 10.7 Å². The first kappa shape index (κ1) is 20.1. The number of halogens is 2. The molecule has 1 N–H and O–H groups in total. The van der Waals surface area contributed by atoms with E-state index in [9.17, 15) is 9.59 Å². The Morgan fingerprint density at radius 2 is 1.73 bits per heavy atom. The fourth-order valence-electron chi connectivity index (χ4n) is 3.26. The minimum atomic E-state index is -0.378. The Balaban J connectivity index is 1.56. The number of aromatic nitrogens is 2. The molecule has 0 aliphatic heterocycles. The van der Waals surface area contributed by atoms with Crippen LogP contribution in [-0.4, -0.2) is 15.5 Å². The van der Waals surface area contributed by atoms with Gasteiger partial charge in [0.2, 0.25) is 5.91 Å². The van der Waals surface area contributed by atoms with Crippen LogP contribution in [0.4, 0.5) is 5.69 Å². The highest BCUT2D eigenvalue weighted by Crippen LogP contribution is 2.24. The van der Waals surface area contributed by atoms with Crippen molar-refractivity contribution in [3.8, 4) is 0 Å². The van der Waals surface area contributed by atoms with Gasteiger partial charge >= 0.3 is 0 Å². The number of hydrogen-bond acceptors (Lipinski definition) is 3. The fourth-order valence-corrected chi connectivity index (χ4v) is 3.81. The number of amides is 1.